The third-order valence-corrected chi connectivity index (χ3v) is 7.16. The molecule has 0 aliphatic carbocycles. The lowest BCUT2D eigenvalue weighted by Crippen LogP contribution is -2.49. The number of nitrogens with zero attached hydrogens (tertiary/aromatic N) is 2. The van der Waals surface area contributed by atoms with Crippen molar-refractivity contribution in [3.63, 3.8) is 0 Å². The van der Waals surface area contributed by atoms with Gasteiger partial charge in [0, 0.05) is 44.8 Å². The lowest BCUT2D eigenvalue weighted by Gasteiger charge is -2.28. The summed E-state index contributed by atoms with van der Waals surface area (Å²) >= 11 is 0. The number of rotatable bonds is 11. The summed E-state index contributed by atoms with van der Waals surface area (Å²) in [7, 11) is 1.64. The van der Waals surface area contributed by atoms with E-state index in [4.69, 9.17) is 5.73 Å². The number of aliphatic imine (C=N–C) groups is 1. The van der Waals surface area contributed by atoms with E-state index in [2.05, 4.69) is 34.8 Å². The van der Waals surface area contributed by atoms with Crippen LogP contribution < -0.4 is 21.7 Å². The summed E-state index contributed by atoms with van der Waals surface area (Å²) in [6.45, 7) is 6.98. The van der Waals surface area contributed by atoms with Crippen LogP contribution in [0.15, 0.2) is 47.5 Å². The number of benzene rings is 2. The van der Waals surface area contributed by atoms with Crippen LogP contribution in [0, 0.1) is 5.92 Å². The predicted octanol–water partition coefficient (Wildman–Crippen LogP) is 2.88. The fourth-order valence-electron chi connectivity index (χ4n) is 4.74. The number of hydrogen-bond acceptors (Lipinski definition) is 4. The Morgan fingerprint density at radius 3 is 2.64 bits per heavy atom. The molecular formula is C28H42N6O2. The zero-order valence-electron chi connectivity index (χ0n) is 21.9. The maximum absolute atomic E-state index is 13.4. The highest BCUT2D eigenvalue weighted by Gasteiger charge is 2.31. The SMILES string of the molecule is CCC(CC)CN1CCC(CNC(=O)c2ccc3ccccc3c2)NC(CCCNC(N)=NC)C1=O. The van der Waals surface area contributed by atoms with Gasteiger partial charge in [-0.15, -0.1) is 0 Å². The molecule has 0 saturated carbocycles. The molecule has 2 aromatic carbocycles. The number of nitrogens with one attached hydrogen (secondary N) is 3. The van der Waals surface area contributed by atoms with Crippen molar-refractivity contribution in [2.75, 3.05) is 33.2 Å². The number of guanidine groups is 1. The molecule has 2 amide bonds. The Morgan fingerprint density at radius 1 is 1.17 bits per heavy atom. The number of nitrogens with two attached hydrogens (primary N) is 1. The molecule has 0 aromatic heterocycles. The van der Waals surface area contributed by atoms with E-state index in [1.807, 2.05) is 47.4 Å². The Balaban J connectivity index is 1.63. The van der Waals surface area contributed by atoms with E-state index >= 15 is 0 Å². The lowest BCUT2D eigenvalue weighted by atomic mass is 10.0. The third-order valence-electron chi connectivity index (χ3n) is 7.16. The van der Waals surface area contributed by atoms with Gasteiger partial charge < -0.3 is 26.6 Å². The summed E-state index contributed by atoms with van der Waals surface area (Å²) in [5, 5.41) is 11.9. The standard InChI is InChI=1S/C28H42N6O2/c1-4-20(5-2)19-34-16-14-24(33-25(27(34)36)11-8-15-31-28(29)30-3)18-32-26(35)23-13-12-21-9-6-7-10-22(21)17-23/h6-7,9-10,12-13,17,20,24-25,33H,4-5,8,11,14-16,18-19H2,1-3H3,(H,32,35)(H3,29,30,31). The lowest BCUT2D eigenvalue weighted by molar-refractivity contribution is -0.133. The second-order valence-corrected chi connectivity index (χ2v) is 9.62. The molecule has 3 rings (SSSR count). The van der Waals surface area contributed by atoms with E-state index in [9.17, 15) is 9.59 Å². The highest BCUT2D eigenvalue weighted by atomic mass is 16.2. The first-order chi connectivity index (χ1) is 17.4. The second kappa shape index (κ2) is 13.8. The van der Waals surface area contributed by atoms with Gasteiger partial charge in [0.1, 0.15) is 0 Å². The van der Waals surface area contributed by atoms with Gasteiger partial charge in [-0.25, -0.2) is 0 Å². The monoisotopic (exact) mass is 494 g/mol. The number of amides is 2. The molecule has 1 saturated heterocycles. The Bertz CT molecular complexity index is 1040. The summed E-state index contributed by atoms with van der Waals surface area (Å²) in [5.41, 5.74) is 6.37. The molecule has 0 radical (unpaired) electrons. The average molecular weight is 495 g/mol. The van der Waals surface area contributed by atoms with Crippen LogP contribution in [0.2, 0.25) is 0 Å². The zero-order chi connectivity index (χ0) is 25.9. The van der Waals surface area contributed by atoms with Gasteiger partial charge in [-0.3, -0.25) is 14.6 Å². The molecule has 196 valence electrons. The minimum absolute atomic E-state index is 0.0188. The fourth-order valence-corrected chi connectivity index (χ4v) is 4.74. The number of hydrogen-bond donors (Lipinski definition) is 4. The molecule has 1 fully saturated rings. The number of carbonyl (C=O) groups excluding carboxylic acids is 2. The van der Waals surface area contributed by atoms with E-state index in [0.29, 0.717) is 43.5 Å². The second-order valence-electron chi connectivity index (χ2n) is 9.62. The molecule has 1 heterocycles. The Morgan fingerprint density at radius 2 is 1.92 bits per heavy atom. The summed E-state index contributed by atoms with van der Waals surface area (Å²) in [6.07, 6.45) is 4.40. The van der Waals surface area contributed by atoms with Crippen molar-refractivity contribution in [3.05, 3.63) is 48.0 Å². The maximum Gasteiger partial charge on any atom is 0.251 e. The van der Waals surface area contributed by atoms with Gasteiger partial charge in [0.25, 0.3) is 5.91 Å². The molecule has 1 aliphatic rings. The first kappa shape index (κ1) is 27.5. The van der Waals surface area contributed by atoms with Crippen molar-refractivity contribution >= 4 is 28.5 Å². The molecule has 8 nitrogen and oxygen atoms in total. The first-order valence-electron chi connectivity index (χ1n) is 13.2. The molecule has 0 bridgehead atoms. The van der Waals surface area contributed by atoms with E-state index < -0.39 is 0 Å². The highest BCUT2D eigenvalue weighted by molar-refractivity contribution is 5.98. The molecule has 2 aromatic rings. The number of fused-ring (bicyclic) bond motifs is 1. The molecule has 0 spiro atoms. The molecule has 1 aliphatic heterocycles. The van der Waals surface area contributed by atoms with Crippen molar-refractivity contribution in [1.29, 1.82) is 0 Å². The summed E-state index contributed by atoms with van der Waals surface area (Å²) in [4.78, 5) is 32.3. The van der Waals surface area contributed by atoms with Gasteiger partial charge in [-0.1, -0.05) is 57.0 Å². The van der Waals surface area contributed by atoms with Crippen LogP contribution in [0.4, 0.5) is 0 Å². The van der Waals surface area contributed by atoms with E-state index in [-0.39, 0.29) is 23.9 Å². The van der Waals surface area contributed by atoms with Crippen molar-refractivity contribution < 1.29 is 9.59 Å². The van der Waals surface area contributed by atoms with Crippen molar-refractivity contribution in [1.82, 2.24) is 20.9 Å². The van der Waals surface area contributed by atoms with Crippen LogP contribution in [-0.4, -0.2) is 68.0 Å². The molecule has 8 heteroatoms. The topological polar surface area (TPSA) is 112 Å². The van der Waals surface area contributed by atoms with E-state index in [1.54, 1.807) is 7.05 Å². The zero-order valence-corrected chi connectivity index (χ0v) is 21.9. The van der Waals surface area contributed by atoms with Crippen LogP contribution in [0.5, 0.6) is 0 Å². The first-order valence-corrected chi connectivity index (χ1v) is 13.2. The van der Waals surface area contributed by atoms with Crippen molar-refractivity contribution in [2.24, 2.45) is 16.6 Å². The van der Waals surface area contributed by atoms with Crippen LogP contribution in [-0.2, 0) is 4.79 Å². The van der Waals surface area contributed by atoms with Gasteiger partial charge in [0.2, 0.25) is 5.91 Å². The Labute approximate surface area is 215 Å². The van der Waals surface area contributed by atoms with Gasteiger partial charge >= 0.3 is 0 Å². The summed E-state index contributed by atoms with van der Waals surface area (Å²) < 4.78 is 0. The molecule has 2 atom stereocenters. The predicted molar refractivity (Wildman–Crippen MR) is 147 cm³/mol. The average Bonchev–Trinajstić information content (AvgIpc) is 3.05. The van der Waals surface area contributed by atoms with Crippen LogP contribution in [0.1, 0.15) is 56.3 Å². The summed E-state index contributed by atoms with van der Waals surface area (Å²) in [6, 6.07) is 13.5. The van der Waals surface area contributed by atoms with Gasteiger partial charge in [0.05, 0.1) is 6.04 Å². The van der Waals surface area contributed by atoms with Gasteiger partial charge in [0.15, 0.2) is 5.96 Å². The Hall–Kier alpha value is -3.13. The fraction of sp³-hybridized carbons (Fsp3) is 0.536. The maximum atomic E-state index is 13.4. The minimum Gasteiger partial charge on any atom is -0.370 e. The van der Waals surface area contributed by atoms with E-state index in [0.717, 1.165) is 43.0 Å². The quantitative estimate of drug-likeness (QED) is 0.218. The molecule has 36 heavy (non-hydrogen) atoms. The Kier molecular flexibility index (Phi) is 10.5. The largest absolute Gasteiger partial charge is 0.370 e. The van der Waals surface area contributed by atoms with Crippen molar-refractivity contribution in [2.45, 2.75) is 58.0 Å². The summed E-state index contributed by atoms with van der Waals surface area (Å²) in [5.74, 6) is 0.963. The third kappa shape index (κ3) is 7.68. The van der Waals surface area contributed by atoms with E-state index in [1.165, 1.54) is 0 Å². The smallest absolute Gasteiger partial charge is 0.251 e. The van der Waals surface area contributed by atoms with Crippen molar-refractivity contribution in [3.8, 4) is 0 Å². The molecular weight excluding hydrogens is 452 g/mol. The highest BCUT2D eigenvalue weighted by Crippen LogP contribution is 2.18. The van der Waals surface area contributed by atoms with Crippen LogP contribution in [0.25, 0.3) is 10.8 Å². The minimum atomic E-state index is -0.286. The van der Waals surface area contributed by atoms with Gasteiger partial charge in [-0.05, 0) is 48.1 Å². The normalized spacial score (nSPS) is 18.9. The molecule has 5 N–H and O–H groups in total. The van der Waals surface area contributed by atoms with Gasteiger partial charge in [-0.2, -0.15) is 0 Å². The molecule has 2 unspecified atom stereocenters. The number of carbonyl (C=O) groups is 2. The van der Waals surface area contributed by atoms with Crippen LogP contribution >= 0.6 is 0 Å². The van der Waals surface area contributed by atoms with Crippen LogP contribution in [0.3, 0.4) is 0 Å².